The summed E-state index contributed by atoms with van der Waals surface area (Å²) in [6.45, 7) is 0. The van der Waals surface area contributed by atoms with Gasteiger partial charge in [-0.2, -0.15) is 0 Å². The van der Waals surface area contributed by atoms with E-state index in [-0.39, 0.29) is 10.6 Å². The normalized spacial score (nSPS) is 11.5. The fourth-order valence-corrected chi connectivity index (χ4v) is 3.42. The second-order valence-corrected chi connectivity index (χ2v) is 6.25. The summed E-state index contributed by atoms with van der Waals surface area (Å²) in [7, 11) is -3.99. The monoisotopic (exact) mass is 302 g/mol. The van der Waals surface area contributed by atoms with Gasteiger partial charge in [0.05, 0.1) is 5.75 Å². The van der Waals surface area contributed by atoms with Gasteiger partial charge in [-0.05, 0) is 24.3 Å². The predicted molar refractivity (Wildman–Crippen MR) is 68.7 cm³/mol. The van der Waals surface area contributed by atoms with Crippen LogP contribution in [0.3, 0.4) is 0 Å². The van der Waals surface area contributed by atoms with Crippen LogP contribution in [0.1, 0.15) is 5.56 Å². The van der Waals surface area contributed by atoms with Gasteiger partial charge < -0.3 is 0 Å². The third-order valence-corrected chi connectivity index (χ3v) is 4.59. The van der Waals surface area contributed by atoms with Gasteiger partial charge in [-0.15, -0.1) is 0 Å². The molecule has 0 atom stereocenters. The van der Waals surface area contributed by atoms with E-state index >= 15 is 0 Å². The van der Waals surface area contributed by atoms with E-state index in [0.29, 0.717) is 0 Å². The number of sulfone groups is 1. The van der Waals surface area contributed by atoms with Gasteiger partial charge in [0, 0.05) is 10.6 Å². The zero-order valence-corrected chi connectivity index (χ0v) is 11.2. The van der Waals surface area contributed by atoms with Crippen molar-refractivity contribution in [1.29, 1.82) is 0 Å². The molecular formula is C13H9ClF2O2S. The lowest BCUT2D eigenvalue weighted by Crippen LogP contribution is -2.09. The minimum Gasteiger partial charge on any atom is -0.223 e. The Morgan fingerprint density at radius 3 is 2.21 bits per heavy atom. The Morgan fingerprint density at radius 2 is 1.58 bits per heavy atom. The van der Waals surface area contributed by atoms with Crippen molar-refractivity contribution < 1.29 is 17.2 Å². The fourth-order valence-electron chi connectivity index (χ4n) is 1.63. The minimum atomic E-state index is -3.99. The average molecular weight is 303 g/mol. The number of benzene rings is 2. The van der Waals surface area contributed by atoms with E-state index in [0.717, 1.165) is 18.2 Å². The number of hydrogen-bond acceptors (Lipinski definition) is 2. The van der Waals surface area contributed by atoms with E-state index in [9.17, 15) is 17.2 Å². The third kappa shape index (κ3) is 2.93. The molecule has 0 amide bonds. The first kappa shape index (κ1) is 14.0. The number of halogens is 3. The van der Waals surface area contributed by atoms with Crippen molar-refractivity contribution in [3.05, 3.63) is 64.7 Å². The molecule has 0 radical (unpaired) electrons. The molecule has 0 heterocycles. The summed E-state index contributed by atoms with van der Waals surface area (Å²) in [6, 6.07) is 8.82. The van der Waals surface area contributed by atoms with E-state index in [1.807, 2.05) is 0 Å². The highest BCUT2D eigenvalue weighted by molar-refractivity contribution is 7.90. The maximum absolute atomic E-state index is 13.6. The first-order chi connectivity index (χ1) is 8.92. The predicted octanol–water partition coefficient (Wildman–Crippen LogP) is 3.59. The summed E-state index contributed by atoms with van der Waals surface area (Å²) >= 11 is 5.76. The zero-order valence-electron chi connectivity index (χ0n) is 9.61. The highest BCUT2D eigenvalue weighted by Gasteiger charge is 2.22. The molecule has 0 unspecified atom stereocenters. The molecule has 2 rings (SSSR count). The number of hydrogen-bond donors (Lipinski definition) is 0. The Bertz CT molecular complexity index is 694. The summed E-state index contributed by atoms with van der Waals surface area (Å²) in [5, 5.41) is -0.0000794. The lowest BCUT2D eigenvalue weighted by molar-refractivity contribution is 0.563. The molecule has 0 saturated carbocycles. The SMILES string of the molecule is O=S(=O)(Cc1c(F)cccc1Cl)c1ccccc1F. The van der Waals surface area contributed by atoms with Gasteiger partial charge in [0.1, 0.15) is 16.5 Å². The van der Waals surface area contributed by atoms with E-state index < -0.39 is 32.1 Å². The maximum atomic E-state index is 13.6. The van der Waals surface area contributed by atoms with Crippen LogP contribution >= 0.6 is 11.6 Å². The van der Waals surface area contributed by atoms with Crippen LogP contribution in [0, 0.1) is 11.6 Å². The van der Waals surface area contributed by atoms with Crippen LogP contribution in [0.4, 0.5) is 8.78 Å². The van der Waals surface area contributed by atoms with Gasteiger partial charge in [-0.3, -0.25) is 0 Å². The van der Waals surface area contributed by atoms with Crippen LogP contribution in [-0.4, -0.2) is 8.42 Å². The molecule has 19 heavy (non-hydrogen) atoms. The highest BCUT2D eigenvalue weighted by atomic mass is 35.5. The summed E-state index contributed by atoms with van der Waals surface area (Å²) in [5.41, 5.74) is -0.160. The van der Waals surface area contributed by atoms with Crippen LogP contribution in [0.25, 0.3) is 0 Å². The molecular weight excluding hydrogens is 294 g/mol. The molecule has 2 aromatic rings. The van der Waals surface area contributed by atoms with Crippen molar-refractivity contribution in [1.82, 2.24) is 0 Å². The van der Waals surface area contributed by atoms with Crippen molar-refractivity contribution in [2.75, 3.05) is 0 Å². The largest absolute Gasteiger partial charge is 0.223 e. The molecule has 100 valence electrons. The van der Waals surface area contributed by atoms with Gasteiger partial charge in [0.25, 0.3) is 0 Å². The van der Waals surface area contributed by atoms with Gasteiger partial charge in [-0.25, -0.2) is 17.2 Å². The molecule has 0 aromatic heterocycles. The molecule has 6 heteroatoms. The lowest BCUT2D eigenvalue weighted by atomic mass is 10.2. The van der Waals surface area contributed by atoms with Gasteiger partial charge >= 0.3 is 0 Å². The topological polar surface area (TPSA) is 34.1 Å². The smallest absolute Gasteiger partial charge is 0.185 e. The molecule has 0 fully saturated rings. The molecule has 0 aliphatic rings. The van der Waals surface area contributed by atoms with Crippen molar-refractivity contribution in [3.63, 3.8) is 0 Å². The fraction of sp³-hybridized carbons (Fsp3) is 0.0769. The van der Waals surface area contributed by atoms with E-state index in [1.165, 1.54) is 24.3 Å². The highest BCUT2D eigenvalue weighted by Crippen LogP contribution is 2.25. The van der Waals surface area contributed by atoms with Gasteiger partial charge in [-0.1, -0.05) is 29.8 Å². The maximum Gasteiger partial charge on any atom is 0.185 e. The van der Waals surface area contributed by atoms with E-state index in [2.05, 4.69) is 0 Å². The van der Waals surface area contributed by atoms with Crippen molar-refractivity contribution >= 4 is 21.4 Å². The minimum absolute atomic E-state index is 0.0000794. The van der Waals surface area contributed by atoms with Crippen LogP contribution in [0.2, 0.25) is 5.02 Å². The van der Waals surface area contributed by atoms with Crippen molar-refractivity contribution in [3.8, 4) is 0 Å². The van der Waals surface area contributed by atoms with Crippen LogP contribution in [0.5, 0.6) is 0 Å². The molecule has 0 saturated heterocycles. The third-order valence-electron chi connectivity index (χ3n) is 2.57. The molecule has 0 aliphatic carbocycles. The summed E-state index contributed by atoms with van der Waals surface area (Å²) < 4.78 is 51.2. The lowest BCUT2D eigenvalue weighted by Gasteiger charge is -2.08. The summed E-state index contributed by atoms with van der Waals surface area (Å²) in [4.78, 5) is -0.464. The van der Waals surface area contributed by atoms with Crippen LogP contribution in [-0.2, 0) is 15.6 Å². The standard InChI is InChI=1S/C13H9ClF2O2S/c14-10-4-3-6-11(15)9(10)8-19(17,18)13-7-2-1-5-12(13)16/h1-7H,8H2. The molecule has 2 nitrogen and oxygen atoms in total. The molecule has 0 N–H and O–H groups in total. The van der Waals surface area contributed by atoms with E-state index in [1.54, 1.807) is 0 Å². The van der Waals surface area contributed by atoms with Crippen molar-refractivity contribution in [2.45, 2.75) is 10.6 Å². The first-order valence-electron chi connectivity index (χ1n) is 5.32. The quantitative estimate of drug-likeness (QED) is 0.868. The van der Waals surface area contributed by atoms with Crippen molar-refractivity contribution in [2.24, 2.45) is 0 Å². The molecule has 2 aromatic carbocycles. The van der Waals surface area contributed by atoms with E-state index in [4.69, 9.17) is 11.6 Å². The second kappa shape index (κ2) is 5.27. The molecule has 0 aliphatic heterocycles. The Balaban J connectivity index is 2.46. The first-order valence-corrected chi connectivity index (χ1v) is 7.35. The Hall–Kier alpha value is -1.46. The molecule has 0 bridgehead atoms. The summed E-state index contributed by atoms with van der Waals surface area (Å²) in [5.74, 6) is -2.28. The van der Waals surface area contributed by atoms with Gasteiger partial charge in [0.2, 0.25) is 0 Å². The average Bonchev–Trinajstić information content (AvgIpc) is 2.34. The second-order valence-electron chi connectivity index (χ2n) is 3.89. The molecule has 0 spiro atoms. The summed E-state index contributed by atoms with van der Waals surface area (Å²) in [6.07, 6.45) is 0. The number of rotatable bonds is 3. The van der Waals surface area contributed by atoms with Crippen LogP contribution < -0.4 is 0 Å². The zero-order chi connectivity index (χ0) is 14.0. The Kier molecular flexibility index (Phi) is 3.87. The Labute approximate surface area is 114 Å². The Morgan fingerprint density at radius 1 is 0.947 bits per heavy atom. The van der Waals surface area contributed by atoms with Crippen LogP contribution in [0.15, 0.2) is 47.4 Å². The van der Waals surface area contributed by atoms with Gasteiger partial charge in [0.15, 0.2) is 9.84 Å².